The lowest BCUT2D eigenvalue weighted by Gasteiger charge is -2.07. The summed E-state index contributed by atoms with van der Waals surface area (Å²) >= 11 is 1.38. The lowest BCUT2D eigenvalue weighted by Crippen LogP contribution is -2.16. The summed E-state index contributed by atoms with van der Waals surface area (Å²) in [6.07, 6.45) is 1.40. The zero-order valence-electron chi connectivity index (χ0n) is 13.4. The van der Waals surface area contributed by atoms with E-state index >= 15 is 0 Å². The lowest BCUT2D eigenvalue weighted by atomic mass is 10.3. The molecule has 26 heavy (non-hydrogen) atoms. The number of carbonyl (C=O) groups excluding carboxylic acids is 1. The molecule has 2 N–H and O–H groups in total. The van der Waals surface area contributed by atoms with E-state index in [0.717, 1.165) is 0 Å². The van der Waals surface area contributed by atoms with Crippen molar-refractivity contribution in [2.75, 3.05) is 5.32 Å². The number of aromatic amines is 1. The third-order valence-corrected chi connectivity index (χ3v) is 4.43. The van der Waals surface area contributed by atoms with Gasteiger partial charge >= 0.3 is 0 Å². The number of aromatic nitrogens is 4. The number of carbonyl (C=O) groups is 1. The van der Waals surface area contributed by atoms with Gasteiger partial charge in [0.05, 0.1) is 10.6 Å². The Balaban J connectivity index is 1.40. The highest BCUT2D eigenvalue weighted by molar-refractivity contribution is 7.12. The quantitative estimate of drug-likeness (QED) is 0.564. The Kier molecular flexibility index (Phi) is 4.20. The highest BCUT2D eigenvalue weighted by Crippen LogP contribution is 2.18. The Morgan fingerprint density at radius 1 is 1.27 bits per heavy atom. The topological polar surface area (TPSA) is 101 Å². The van der Waals surface area contributed by atoms with Gasteiger partial charge in [0.15, 0.2) is 0 Å². The van der Waals surface area contributed by atoms with Crippen LogP contribution in [0.4, 0.5) is 5.69 Å². The van der Waals surface area contributed by atoms with Crippen LogP contribution in [0.2, 0.25) is 0 Å². The number of hydrogen-bond acceptors (Lipinski definition) is 6. The number of nitrogens with zero attached hydrogens (tertiary/aromatic N) is 3. The van der Waals surface area contributed by atoms with E-state index in [1.165, 1.54) is 28.2 Å². The molecule has 0 spiro atoms. The van der Waals surface area contributed by atoms with E-state index in [-0.39, 0.29) is 18.1 Å². The minimum atomic E-state index is -0.252. The van der Waals surface area contributed by atoms with Crippen LogP contribution in [0.1, 0.15) is 15.4 Å². The number of benzene rings is 1. The Hall–Kier alpha value is -3.46. The van der Waals surface area contributed by atoms with Gasteiger partial charge in [0.1, 0.15) is 18.7 Å². The maximum absolute atomic E-state index is 12.0. The summed E-state index contributed by atoms with van der Waals surface area (Å²) in [6, 6.07) is 12.0. The normalized spacial score (nSPS) is 10.8. The number of thiophene rings is 1. The zero-order valence-corrected chi connectivity index (χ0v) is 14.2. The maximum atomic E-state index is 12.0. The summed E-state index contributed by atoms with van der Waals surface area (Å²) in [5.41, 5.74) is 0.903. The molecule has 0 atom stereocenters. The van der Waals surface area contributed by atoms with Crippen LogP contribution in [0, 0.1) is 0 Å². The minimum absolute atomic E-state index is 0.138. The third kappa shape index (κ3) is 3.33. The molecule has 130 valence electrons. The summed E-state index contributed by atoms with van der Waals surface area (Å²) in [5.74, 6) is 0.747. The first-order valence-electron chi connectivity index (χ1n) is 7.69. The number of ether oxygens (including phenoxy) is 1. The van der Waals surface area contributed by atoms with E-state index in [9.17, 15) is 9.59 Å². The van der Waals surface area contributed by atoms with Crippen LogP contribution in [0.15, 0.2) is 59.0 Å². The summed E-state index contributed by atoms with van der Waals surface area (Å²) in [5, 5.41) is 7.35. The van der Waals surface area contributed by atoms with Crippen molar-refractivity contribution in [3.8, 4) is 5.75 Å². The average molecular weight is 367 g/mol. The SMILES string of the molecule is O=C(Nc1ccc(OCc2cc(=O)n3[nH]cnc3n2)cc1)c1cccs1. The smallest absolute Gasteiger partial charge is 0.274 e. The Morgan fingerprint density at radius 3 is 2.88 bits per heavy atom. The molecular weight excluding hydrogens is 354 g/mol. The predicted octanol–water partition coefficient (Wildman–Crippen LogP) is 2.31. The Morgan fingerprint density at radius 2 is 2.12 bits per heavy atom. The van der Waals surface area contributed by atoms with Gasteiger partial charge in [-0.2, -0.15) is 4.52 Å². The molecule has 0 unspecified atom stereocenters. The van der Waals surface area contributed by atoms with Crippen LogP contribution >= 0.6 is 11.3 Å². The molecule has 0 aliphatic rings. The second-order valence-corrected chi connectivity index (χ2v) is 6.30. The van der Waals surface area contributed by atoms with Gasteiger partial charge in [-0.3, -0.25) is 14.7 Å². The fourth-order valence-corrected chi connectivity index (χ4v) is 2.95. The fraction of sp³-hybridized carbons (Fsp3) is 0.0588. The molecule has 1 aromatic carbocycles. The van der Waals surface area contributed by atoms with Crippen molar-refractivity contribution in [3.63, 3.8) is 0 Å². The second kappa shape index (κ2) is 6.81. The van der Waals surface area contributed by atoms with Crippen LogP contribution < -0.4 is 15.6 Å². The number of fused-ring (bicyclic) bond motifs is 1. The number of H-pyrrole nitrogens is 1. The Bertz CT molecular complexity index is 1100. The molecule has 4 aromatic rings. The van der Waals surface area contributed by atoms with Crippen molar-refractivity contribution < 1.29 is 9.53 Å². The number of rotatable bonds is 5. The van der Waals surface area contributed by atoms with Gasteiger partial charge in [-0.1, -0.05) is 6.07 Å². The Labute approximate surface area is 151 Å². The third-order valence-electron chi connectivity index (χ3n) is 3.56. The van der Waals surface area contributed by atoms with E-state index in [4.69, 9.17) is 4.74 Å². The van der Waals surface area contributed by atoms with E-state index < -0.39 is 0 Å². The molecule has 0 bridgehead atoms. The lowest BCUT2D eigenvalue weighted by molar-refractivity contribution is 0.103. The van der Waals surface area contributed by atoms with Crippen molar-refractivity contribution in [3.05, 3.63) is 75.1 Å². The zero-order chi connectivity index (χ0) is 17.9. The molecule has 0 saturated carbocycles. The largest absolute Gasteiger partial charge is 0.487 e. The van der Waals surface area contributed by atoms with E-state index in [0.29, 0.717) is 27.8 Å². The van der Waals surface area contributed by atoms with Gasteiger partial charge in [-0.15, -0.1) is 11.3 Å². The van der Waals surface area contributed by atoms with Crippen LogP contribution in [0.5, 0.6) is 5.75 Å². The van der Waals surface area contributed by atoms with Gasteiger partial charge in [0.25, 0.3) is 17.2 Å². The molecule has 3 heterocycles. The predicted molar refractivity (Wildman–Crippen MR) is 96.7 cm³/mol. The number of anilines is 1. The molecule has 3 aromatic heterocycles. The molecule has 9 heteroatoms. The number of nitrogens with one attached hydrogen (secondary N) is 2. The molecule has 0 aliphatic carbocycles. The summed E-state index contributed by atoms with van der Waals surface area (Å²) in [4.78, 5) is 32.7. The number of hydrogen-bond donors (Lipinski definition) is 2. The molecular formula is C17H13N5O3S. The molecule has 4 rings (SSSR count). The first-order valence-corrected chi connectivity index (χ1v) is 8.57. The van der Waals surface area contributed by atoms with Crippen LogP contribution in [-0.2, 0) is 6.61 Å². The van der Waals surface area contributed by atoms with E-state index in [1.807, 2.05) is 11.4 Å². The summed E-state index contributed by atoms with van der Waals surface area (Å²) < 4.78 is 6.89. The van der Waals surface area contributed by atoms with Gasteiger partial charge < -0.3 is 10.1 Å². The minimum Gasteiger partial charge on any atom is -0.487 e. The molecule has 0 saturated heterocycles. The molecule has 1 amide bonds. The first kappa shape index (κ1) is 16.0. The standard InChI is InChI=1S/C17H13N5O3S/c23-15-8-12(21-17-18-10-19-22(15)17)9-25-13-5-3-11(4-6-13)20-16(24)14-2-1-7-26-14/h1-8,10H,9H2,(H,20,24)(H,18,19,21). The van der Waals surface area contributed by atoms with Crippen LogP contribution in [0.25, 0.3) is 5.78 Å². The molecule has 0 radical (unpaired) electrons. The molecule has 0 aliphatic heterocycles. The monoisotopic (exact) mass is 367 g/mol. The van der Waals surface area contributed by atoms with Crippen LogP contribution in [-0.4, -0.2) is 25.5 Å². The van der Waals surface area contributed by atoms with Crippen LogP contribution in [0.3, 0.4) is 0 Å². The maximum Gasteiger partial charge on any atom is 0.274 e. The van der Waals surface area contributed by atoms with Crippen molar-refractivity contribution in [1.82, 2.24) is 19.6 Å². The summed E-state index contributed by atoms with van der Waals surface area (Å²) in [7, 11) is 0. The second-order valence-electron chi connectivity index (χ2n) is 5.35. The first-order chi connectivity index (χ1) is 12.7. The number of amides is 1. The van der Waals surface area contributed by atoms with Gasteiger partial charge in [0, 0.05) is 11.8 Å². The van der Waals surface area contributed by atoms with E-state index in [1.54, 1.807) is 30.3 Å². The van der Waals surface area contributed by atoms with Crippen molar-refractivity contribution in [2.24, 2.45) is 0 Å². The van der Waals surface area contributed by atoms with Gasteiger partial charge in [-0.25, -0.2) is 9.97 Å². The molecule has 0 fully saturated rings. The van der Waals surface area contributed by atoms with Gasteiger partial charge in [-0.05, 0) is 35.7 Å². The highest BCUT2D eigenvalue weighted by Gasteiger charge is 2.07. The van der Waals surface area contributed by atoms with Gasteiger partial charge in [0.2, 0.25) is 0 Å². The van der Waals surface area contributed by atoms with Crippen molar-refractivity contribution in [1.29, 1.82) is 0 Å². The van der Waals surface area contributed by atoms with E-state index in [2.05, 4.69) is 20.4 Å². The average Bonchev–Trinajstić information content (AvgIpc) is 3.33. The summed E-state index contributed by atoms with van der Waals surface area (Å²) in [6.45, 7) is 0.138. The molecule has 8 nitrogen and oxygen atoms in total. The van der Waals surface area contributed by atoms with Crippen molar-refractivity contribution in [2.45, 2.75) is 6.61 Å². The van der Waals surface area contributed by atoms with Crippen molar-refractivity contribution >= 4 is 28.7 Å². The fourth-order valence-electron chi connectivity index (χ4n) is 2.33. The highest BCUT2D eigenvalue weighted by atomic mass is 32.1.